The first-order valence-electron chi connectivity index (χ1n) is 9.74. The van der Waals surface area contributed by atoms with Crippen LogP contribution in [-0.4, -0.2) is 45.0 Å². The summed E-state index contributed by atoms with van der Waals surface area (Å²) < 4.78 is 7.68. The second-order valence-electron chi connectivity index (χ2n) is 7.25. The predicted molar refractivity (Wildman–Crippen MR) is 112 cm³/mol. The van der Waals surface area contributed by atoms with Gasteiger partial charge in [0.1, 0.15) is 5.82 Å². The van der Waals surface area contributed by atoms with Gasteiger partial charge in [0.25, 0.3) is 0 Å². The third kappa shape index (κ3) is 6.04. The van der Waals surface area contributed by atoms with E-state index in [1.165, 1.54) is 17.3 Å². The van der Waals surface area contributed by atoms with Crippen LogP contribution in [0.1, 0.15) is 36.2 Å². The van der Waals surface area contributed by atoms with Gasteiger partial charge >= 0.3 is 0 Å². The van der Waals surface area contributed by atoms with E-state index in [1.54, 1.807) is 0 Å². The summed E-state index contributed by atoms with van der Waals surface area (Å²) in [6, 6.07) is 5.84. The van der Waals surface area contributed by atoms with Crippen molar-refractivity contribution in [3.05, 3.63) is 35.2 Å². The molecule has 0 saturated carbocycles. The molecular weight excluding hydrogens is 390 g/mol. The zero-order valence-electron chi connectivity index (χ0n) is 16.8. The topological polar surface area (TPSA) is 112 Å². The van der Waals surface area contributed by atoms with Crippen molar-refractivity contribution in [2.75, 3.05) is 17.7 Å². The fourth-order valence-corrected chi connectivity index (χ4v) is 3.93. The Morgan fingerprint density at radius 3 is 2.83 bits per heavy atom. The highest BCUT2D eigenvalue weighted by Gasteiger charge is 2.21. The summed E-state index contributed by atoms with van der Waals surface area (Å²) in [5.74, 6) is 0.422. The Hall–Kier alpha value is -2.39. The smallest absolute Gasteiger partial charge is 0.234 e. The van der Waals surface area contributed by atoms with Crippen molar-refractivity contribution in [3.63, 3.8) is 0 Å². The van der Waals surface area contributed by atoms with E-state index in [1.807, 2.05) is 36.6 Å². The van der Waals surface area contributed by atoms with Crippen LogP contribution in [0, 0.1) is 13.8 Å². The lowest BCUT2D eigenvalue weighted by molar-refractivity contribution is -0.118. The number of nitrogens with zero attached hydrogens (tertiary/aromatic N) is 3. The number of rotatable bonds is 9. The van der Waals surface area contributed by atoms with Crippen LogP contribution < -0.4 is 11.1 Å². The highest BCUT2D eigenvalue weighted by molar-refractivity contribution is 7.99. The first-order chi connectivity index (χ1) is 13.9. The van der Waals surface area contributed by atoms with E-state index in [2.05, 4.69) is 15.5 Å². The Labute approximate surface area is 174 Å². The van der Waals surface area contributed by atoms with Crippen LogP contribution in [0.2, 0.25) is 0 Å². The SMILES string of the molecule is Cc1ccc(NC(=O)CSc2nnc(CCC(N)=O)n2CC2CCCO2)cc1C. The monoisotopic (exact) mass is 417 g/mol. The van der Waals surface area contributed by atoms with Crippen molar-refractivity contribution in [1.82, 2.24) is 14.8 Å². The Kier molecular flexibility index (Phi) is 7.27. The molecule has 1 aromatic heterocycles. The maximum Gasteiger partial charge on any atom is 0.234 e. The number of benzene rings is 1. The van der Waals surface area contributed by atoms with Crippen molar-refractivity contribution < 1.29 is 14.3 Å². The van der Waals surface area contributed by atoms with Gasteiger partial charge in [0.2, 0.25) is 11.8 Å². The van der Waals surface area contributed by atoms with Crippen molar-refractivity contribution in [1.29, 1.82) is 0 Å². The number of primary amides is 1. The zero-order valence-corrected chi connectivity index (χ0v) is 17.6. The highest BCUT2D eigenvalue weighted by atomic mass is 32.2. The average Bonchev–Trinajstić information content (AvgIpc) is 3.32. The Balaban J connectivity index is 1.64. The Bertz CT molecular complexity index is 877. The number of hydrogen-bond donors (Lipinski definition) is 2. The number of nitrogens with two attached hydrogens (primary N) is 1. The van der Waals surface area contributed by atoms with Crippen molar-refractivity contribution >= 4 is 29.3 Å². The van der Waals surface area contributed by atoms with Crippen molar-refractivity contribution in [2.45, 2.75) is 57.3 Å². The molecule has 156 valence electrons. The number of amides is 2. The number of thioether (sulfide) groups is 1. The van der Waals surface area contributed by atoms with Gasteiger partial charge in [-0.05, 0) is 49.9 Å². The van der Waals surface area contributed by atoms with Gasteiger partial charge in [-0.2, -0.15) is 0 Å². The van der Waals surface area contributed by atoms with Crippen molar-refractivity contribution in [2.24, 2.45) is 5.73 Å². The molecule has 3 N–H and O–H groups in total. The highest BCUT2D eigenvalue weighted by Crippen LogP contribution is 2.22. The second-order valence-corrected chi connectivity index (χ2v) is 8.19. The first-order valence-corrected chi connectivity index (χ1v) is 10.7. The van der Waals surface area contributed by atoms with Crippen molar-refractivity contribution in [3.8, 4) is 0 Å². The van der Waals surface area contributed by atoms with Gasteiger partial charge in [-0.1, -0.05) is 17.8 Å². The molecule has 1 fully saturated rings. The molecule has 0 bridgehead atoms. The van der Waals surface area contributed by atoms with Gasteiger partial charge in [0.15, 0.2) is 5.16 Å². The number of carbonyl (C=O) groups is 2. The van der Waals surface area contributed by atoms with Crippen LogP contribution in [0.15, 0.2) is 23.4 Å². The summed E-state index contributed by atoms with van der Waals surface area (Å²) >= 11 is 1.33. The largest absolute Gasteiger partial charge is 0.376 e. The molecule has 8 nitrogen and oxygen atoms in total. The zero-order chi connectivity index (χ0) is 20.8. The molecule has 1 saturated heterocycles. The van der Waals surface area contributed by atoms with Crippen LogP contribution in [0.3, 0.4) is 0 Å². The molecule has 2 amide bonds. The van der Waals surface area contributed by atoms with E-state index in [0.29, 0.717) is 23.9 Å². The number of carbonyl (C=O) groups excluding carboxylic acids is 2. The molecule has 29 heavy (non-hydrogen) atoms. The molecule has 1 unspecified atom stereocenters. The van der Waals surface area contributed by atoms with E-state index in [-0.39, 0.29) is 30.1 Å². The molecule has 1 aromatic carbocycles. The Morgan fingerprint density at radius 1 is 1.31 bits per heavy atom. The fraction of sp³-hybridized carbons (Fsp3) is 0.500. The molecule has 3 rings (SSSR count). The van der Waals surface area contributed by atoms with Crippen LogP contribution in [-0.2, 0) is 27.3 Å². The van der Waals surface area contributed by atoms with E-state index in [9.17, 15) is 9.59 Å². The predicted octanol–water partition coefficient (Wildman–Crippen LogP) is 2.22. The fourth-order valence-electron chi connectivity index (χ4n) is 3.17. The third-order valence-corrected chi connectivity index (χ3v) is 5.89. The average molecular weight is 418 g/mol. The molecule has 1 atom stereocenters. The standard InChI is InChI=1S/C20H27N5O3S/c1-13-5-6-15(10-14(13)2)22-19(27)12-29-20-24-23-18(8-7-17(21)26)25(20)11-16-4-3-9-28-16/h5-6,10,16H,3-4,7-9,11-12H2,1-2H3,(H2,21,26)(H,22,27). The van der Waals surface area contributed by atoms with E-state index in [0.717, 1.165) is 30.7 Å². The lowest BCUT2D eigenvalue weighted by atomic mass is 10.1. The molecule has 0 aliphatic carbocycles. The van der Waals surface area contributed by atoms with E-state index >= 15 is 0 Å². The molecule has 0 radical (unpaired) electrons. The molecule has 0 spiro atoms. The minimum atomic E-state index is -0.376. The van der Waals surface area contributed by atoms with Crippen LogP contribution >= 0.6 is 11.8 Å². The van der Waals surface area contributed by atoms with Gasteiger partial charge in [0, 0.05) is 25.1 Å². The first kappa shape index (κ1) is 21.3. The summed E-state index contributed by atoms with van der Waals surface area (Å²) in [6.45, 7) is 5.42. The summed E-state index contributed by atoms with van der Waals surface area (Å²) in [5.41, 5.74) is 8.37. The Morgan fingerprint density at radius 2 is 2.14 bits per heavy atom. The molecule has 9 heteroatoms. The lowest BCUT2D eigenvalue weighted by Crippen LogP contribution is -2.20. The number of nitrogens with one attached hydrogen (secondary N) is 1. The third-order valence-electron chi connectivity index (χ3n) is 4.92. The second kappa shape index (κ2) is 9.89. The van der Waals surface area contributed by atoms with Gasteiger partial charge in [-0.3, -0.25) is 9.59 Å². The van der Waals surface area contributed by atoms with E-state index < -0.39 is 0 Å². The van der Waals surface area contributed by atoms with Crippen LogP contribution in [0.5, 0.6) is 0 Å². The number of aromatic nitrogens is 3. The molecule has 2 aromatic rings. The molecule has 1 aliphatic rings. The summed E-state index contributed by atoms with van der Waals surface area (Å²) in [5, 5.41) is 12.0. The quantitative estimate of drug-likeness (QED) is 0.605. The summed E-state index contributed by atoms with van der Waals surface area (Å²) in [6.07, 6.45) is 2.74. The van der Waals surface area contributed by atoms with Gasteiger partial charge < -0.3 is 20.4 Å². The molecule has 1 aliphatic heterocycles. The minimum Gasteiger partial charge on any atom is -0.376 e. The minimum absolute atomic E-state index is 0.0991. The number of aryl methyl sites for hydroxylation is 3. The van der Waals surface area contributed by atoms with Crippen LogP contribution in [0.4, 0.5) is 5.69 Å². The van der Waals surface area contributed by atoms with Gasteiger partial charge in [0.05, 0.1) is 18.4 Å². The number of ether oxygens (including phenoxy) is 1. The number of anilines is 1. The van der Waals surface area contributed by atoms with Crippen LogP contribution in [0.25, 0.3) is 0 Å². The molecule has 2 heterocycles. The van der Waals surface area contributed by atoms with E-state index in [4.69, 9.17) is 10.5 Å². The maximum absolute atomic E-state index is 12.4. The van der Waals surface area contributed by atoms with Gasteiger partial charge in [-0.25, -0.2) is 0 Å². The maximum atomic E-state index is 12.4. The lowest BCUT2D eigenvalue weighted by Gasteiger charge is -2.14. The summed E-state index contributed by atoms with van der Waals surface area (Å²) in [7, 11) is 0. The van der Waals surface area contributed by atoms with Gasteiger partial charge in [-0.15, -0.1) is 10.2 Å². The normalized spacial score (nSPS) is 16.1. The number of hydrogen-bond acceptors (Lipinski definition) is 6. The molecular formula is C20H27N5O3S. The summed E-state index contributed by atoms with van der Waals surface area (Å²) in [4.78, 5) is 23.5.